The molecular weight excluding hydrogens is 256 g/mol. The number of hydrogen-bond acceptors (Lipinski definition) is 1. The molecule has 0 heterocycles. The maximum absolute atomic E-state index is 9.97. The van der Waals surface area contributed by atoms with E-state index in [2.05, 4.69) is 45.9 Å². The van der Waals surface area contributed by atoms with Gasteiger partial charge in [0.25, 0.3) is 0 Å². The van der Waals surface area contributed by atoms with E-state index in [0.29, 0.717) is 18.4 Å². The van der Waals surface area contributed by atoms with Crippen LogP contribution in [0, 0.1) is 11.3 Å². The molecule has 1 heteroatoms. The Labute approximate surface area is 129 Å². The summed E-state index contributed by atoms with van der Waals surface area (Å²) < 4.78 is 0. The van der Waals surface area contributed by atoms with E-state index in [-0.39, 0.29) is 10.8 Å². The highest BCUT2D eigenvalue weighted by atomic mass is 16.3. The molecule has 0 spiro atoms. The molecule has 1 aromatic rings. The van der Waals surface area contributed by atoms with Gasteiger partial charge in [-0.15, -0.1) is 0 Å². The predicted molar refractivity (Wildman–Crippen MR) is 88.7 cm³/mol. The van der Waals surface area contributed by atoms with Crippen molar-refractivity contribution < 1.29 is 5.11 Å². The Morgan fingerprint density at radius 2 is 2.00 bits per heavy atom. The predicted octanol–water partition coefficient (Wildman–Crippen LogP) is 4.81. The molecule has 0 radical (unpaired) electrons. The lowest BCUT2D eigenvalue weighted by Gasteiger charge is -2.55. The summed E-state index contributed by atoms with van der Waals surface area (Å²) in [5, 5.41) is 9.97. The summed E-state index contributed by atoms with van der Waals surface area (Å²) in [6.45, 7) is 9.66. The topological polar surface area (TPSA) is 20.2 Å². The number of aliphatic hydroxyl groups excluding tert-OH is 1. The second-order valence-corrected chi connectivity index (χ2v) is 8.25. The third kappa shape index (κ3) is 2.25. The lowest BCUT2D eigenvalue weighted by atomic mass is 9.50. The summed E-state index contributed by atoms with van der Waals surface area (Å²) in [5.74, 6) is 1.23. The summed E-state index contributed by atoms with van der Waals surface area (Å²) in [6, 6.07) is 7.19. The highest BCUT2D eigenvalue weighted by molar-refractivity contribution is 5.42. The SMILES string of the molecule is CC(C)c1ccc2c(c1)CC[C@@H]1[C@](C)(CO)CCC[C@]21C. The molecule has 1 nitrogen and oxygen atoms in total. The van der Waals surface area contributed by atoms with E-state index in [1.54, 1.807) is 11.1 Å². The first kappa shape index (κ1) is 15.1. The van der Waals surface area contributed by atoms with Crippen molar-refractivity contribution in [3.63, 3.8) is 0 Å². The Hall–Kier alpha value is -0.820. The Morgan fingerprint density at radius 1 is 1.24 bits per heavy atom. The average molecular weight is 286 g/mol. The molecule has 21 heavy (non-hydrogen) atoms. The summed E-state index contributed by atoms with van der Waals surface area (Å²) in [4.78, 5) is 0. The van der Waals surface area contributed by atoms with Crippen molar-refractivity contribution >= 4 is 0 Å². The molecule has 3 rings (SSSR count). The summed E-state index contributed by atoms with van der Waals surface area (Å²) >= 11 is 0. The molecule has 2 aliphatic rings. The zero-order chi connectivity index (χ0) is 15.3. The van der Waals surface area contributed by atoms with E-state index in [0.717, 1.165) is 0 Å². The van der Waals surface area contributed by atoms with Crippen LogP contribution < -0.4 is 0 Å². The van der Waals surface area contributed by atoms with Crippen molar-refractivity contribution in [1.29, 1.82) is 0 Å². The van der Waals surface area contributed by atoms with Gasteiger partial charge < -0.3 is 5.11 Å². The van der Waals surface area contributed by atoms with E-state index in [1.165, 1.54) is 37.7 Å². The van der Waals surface area contributed by atoms with Crippen molar-refractivity contribution in [2.75, 3.05) is 6.61 Å². The lowest BCUT2D eigenvalue weighted by molar-refractivity contribution is -0.0179. The highest BCUT2D eigenvalue weighted by Crippen LogP contribution is 2.57. The molecule has 1 saturated carbocycles. The van der Waals surface area contributed by atoms with Crippen LogP contribution in [0.15, 0.2) is 18.2 Å². The standard InChI is InChI=1S/C20H30O/c1-14(2)15-6-8-17-16(12-15)7-9-18-19(3,13-21)10-5-11-20(17,18)4/h6,8,12,14,18,21H,5,7,9-11,13H2,1-4H3/t18-,19+,20-/m1/s1. The Balaban J connectivity index is 2.05. The smallest absolute Gasteiger partial charge is 0.0487 e. The van der Waals surface area contributed by atoms with Gasteiger partial charge in [-0.25, -0.2) is 0 Å². The van der Waals surface area contributed by atoms with Crippen LogP contribution in [0.4, 0.5) is 0 Å². The maximum atomic E-state index is 9.97. The second-order valence-electron chi connectivity index (χ2n) is 8.25. The van der Waals surface area contributed by atoms with Gasteiger partial charge in [-0.2, -0.15) is 0 Å². The van der Waals surface area contributed by atoms with Crippen LogP contribution in [-0.2, 0) is 11.8 Å². The number of benzene rings is 1. The molecule has 0 unspecified atom stereocenters. The number of aliphatic hydroxyl groups is 1. The Kier molecular flexibility index (Phi) is 3.68. The molecule has 3 atom stereocenters. The first-order valence-corrected chi connectivity index (χ1v) is 8.65. The minimum Gasteiger partial charge on any atom is -0.396 e. The van der Waals surface area contributed by atoms with Crippen molar-refractivity contribution in [2.45, 2.75) is 71.1 Å². The number of rotatable bonds is 2. The molecule has 1 aromatic carbocycles. The van der Waals surface area contributed by atoms with E-state index in [4.69, 9.17) is 0 Å². The van der Waals surface area contributed by atoms with Crippen LogP contribution in [0.2, 0.25) is 0 Å². The second kappa shape index (κ2) is 5.12. The Bertz CT molecular complexity index is 533. The van der Waals surface area contributed by atoms with E-state index in [1.807, 2.05) is 0 Å². The van der Waals surface area contributed by atoms with Crippen molar-refractivity contribution in [2.24, 2.45) is 11.3 Å². The zero-order valence-corrected chi connectivity index (χ0v) is 14.1. The molecule has 0 saturated heterocycles. The van der Waals surface area contributed by atoms with Crippen molar-refractivity contribution in [3.8, 4) is 0 Å². The summed E-state index contributed by atoms with van der Waals surface area (Å²) in [6.07, 6.45) is 6.13. The first-order valence-electron chi connectivity index (χ1n) is 8.65. The van der Waals surface area contributed by atoms with Crippen LogP contribution in [0.25, 0.3) is 0 Å². The zero-order valence-electron chi connectivity index (χ0n) is 14.1. The summed E-state index contributed by atoms with van der Waals surface area (Å²) in [5.41, 5.74) is 4.99. The molecule has 1 N–H and O–H groups in total. The van der Waals surface area contributed by atoms with Crippen LogP contribution in [0.5, 0.6) is 0 Å². The van der Waals surface area contributed by atoms with Crippen LogP contribution in [-0.4, -0.2) is 11.7 Å². The van der Waals surface area contributed by atoms with Gasteiger partial charge in [-0.05, 0) is 65.0 Å². The molecule has 0 aromatic heterocycles. The van der Waals surface area contributed by atoms with Gasteiger partial charge in [0.15, 0.2) is 0 Å². The third-order valence-corrected chi connectivity index (χ3v) is 6.53. The van der Waals surface area contributed by atoms with Gasteiger partial charge >= 0.3 is 0 Å². The molecular formula is C20H30O. The van der Waals surface area contributed by atoms with Crippen LogP contribution in [0.3, 0.4) is 0 Å². The molecule has 2 aliphatic carbocycles. The van der Waals surface area contributed by atoms with E-state index < -0.39 is 0 Å². The van der Waals surface area contributed by atoms with Gasteiger partial charge in [0.2, 0.25) is 0 Å². The number of hydrogen-bond donors (Lipinski definition) is 1. The fourth-order valence-corrected chi connectivity index (χ4v) is 5.19. The normalized spacial score (nSPS) is 35.4. The largest absolute Gasteiger partial charge is 0.396 e. The van der Waals surface area contributed by atoms with Crippen LogP contribution >= 0.6 is 0 Å². The van der Waals surface area contributed by atoms with Gasteiger partial charge in [0.05, 0.1) is 0 Å². The van der Waals surface area contributed by atoms with E-state index >= 15 is 0 Å². The van der Waals surface area contributed by atoms with E-state index in [9.17, 15) is 5.11 Å². The maximum Gasteiger partial charge on any atom is 0.0487 e. The molecule has 0 amide bonds. The monoisotopic (exact) mass is 286 g/mol. The quantitative estimate of drug-likeness (QED) is 0.827. The molecule has 116 valence electrons. The number of fused-ring (bicyclic) bond motifs is 3. The highest BCUT2D eigenvalue weighted by Gasteiger charge is 2.51. The minimum atomic E-state index is 0.113. The minimum absolute atomic E-state index is 0.113. The summed E-state index contributed by atoms with van der Waals surface area (Å²) in [7, 11) is 0. The van der Waals surface area contributed by atoms with Gasteiger partial charge in [0.1, 0.15) is 0 Å². The van der Waals surface area contributed by atoms with Crippen molar-refractivity contribution in [1.82, 2.24) is 0 Å². The van der Waals surface area contributed by atoms with Gasteiger partial charge in [-0.1, -0.05) is 52.3 Å². The molecule has 0 aliphatic heterocycles. The fraction of sp³-hybridized carbons (Fsp3) is 0.700. The van der Waals surface area contributed by atoms with Crippen molar-refractivity contribution in [3.05, 3.63) is 34.9 Å². The van der Waals surface area contributed by atoms with Gasteiger partial charge in [-0.3, -0.25) is 0 Å². The average Bonchev–Trinajstić information content (AvgIpc) is 2.46. The number of aryl methyl sites for hydroxylation is 1. The lowest BCUT2D eigenvalue weighted by Crippen LogP contribution is -2.50. The van der Waals surface area contributed by atoms with Crippen LogP contribution in [0.1, 0.15) is 76.0 Å². The molecule has 0 bridgehead atoms. The first-order chi connectivity index (χ1) is 9.90. The van der Waals surface area contributed by atoms with Gasteiger partial charge in [0, 0.05) is 6.61 Å². The third-order valence-electron chi connectivity index (χ3n) is 6.53. The molecule has 1 fully saturated rings. The fourth-order valence-electron chi connectivity index (χ4n) is 5.19. The Morgan fingerprint density at radius 3 is 2.67 bits per heavy atom.